The fourth-order valence-corrected chi connectivity index (χ4v) is 7.00. The Balaban J connectivity index is 1.91. The lowest BCUT2D eigenvalue weighted by Gasteiger charge is -2.41. The van der Waals surface area contributed by atoms with Crippen LogP contribution in [0.4, 0.5) is 10.5 Å². The van der Waals surface area contributed by atoms with Crippen molar-refractivity contribution in [2.45, 2.75) is 104 Å². The molecule has 1 fully saturated rings. The van der Waals surface area contributed by atoms with Crippen molar-refractivity contribution >= 4 is 29.6 Å². The molecule has 0 radical (unpaired) electrons. The molecule has 11 nitrogen and oxygen atoms in total. The highest BCUT2D eigenvalue weighted by atomic mass is 16.6. The number of alkyl carbamates (subject to hydrolysis) is 1. The molecule has 1 heterocycles. The molecule has 3 amide bonds. The van der Waals surface area contributed by atoms with E-state index in [-0.39, 0.29) is 18.3 Å². The van der Waals surface area contributed by atoms with Gasteiger partial charge in [0.25, 0.3) is 0 Å². The highest BCUT2D eigenvalue weighted by molar-refractivity contribution is 5.95. The Morgan fingerprint density at radius 2 is 1.51 bits per heavy atom. The van der Waals surface area contributed by atoms with Crippen LogP contribution in [0, 0.1) is 11.8 Å². The third-order valence-corrected chi connectivity index (χ3v) is 9.33. The highest BCUT2D eigenvalue weighted by Gasteiger charge is 2.47. The van der Waals surface area contributed by atoms with Gasteiger partial charge in [-0.2, -0.15) is 0 Å². The quantitative estimate of drug-likeness (QED) is 0.310. The molecule has 51 heavy (non-hydrogen) atoms. The standard InChI is InChI=1S/C40H59N5O6/c1-26(2)22-32(37(48)50-10)45(36(47)33(41-38(49)51-40(6,7)8)30-23-27-14-11-12-15-28(27)24-30)34(35(46)42-39(3,4)5)29-16-13-17-31(25-29)44-20-18-43(9)19-21-44/h11-17,25-26,30,32-34H,18-24H2,1-10H3,(H,41,49)(H,42,46)/t32-,33-,34?/m1/s1. The molecule has 2 aliphatic rings. The van der Waals surface area contributed by atoms with Gasteiger partial charge < -0.3 is 34.8 Å². The summed E-state index contributed by atoms with van der Waals surface area (Å²) in [6, 6.07) is 12.2. The van der Waals surface area contributed by atoms with Crippen molar-refractivity contribution in [3.05, 3.63) is 65.2 Å². The number of hydrogen-bond donors (Lipinski definition) is 2. The Kier molecular flexibility index (Phi) is 12.8. The number of hydrogen-bond acceptors (Lipinski definition) is 8. The summed E-state index contributed by atoms with van der Waals surface area (Å²) in [6.07, 6.45) is 0.546. The number of carbonyl (C=O) groups is 4. The van der Waals surface area contributed by atoms with E-state index in [2.05, 4.69) is 27.5 Å². The van der Waals surface area contributed by atoms with E-state index in [0.717, 1.165) is 43.0 Å². The summed E-state index contributed by atoms with van der Waals surface area (Å²) in [5, 5.41) is 6.01. The van der Waals surface area contributed by atoms with Crippen molar-refractivity contribution in [3.63, 3.8) is 0 Å². The minimum Gasteiger partial charge on any atom is -0.467 e. The summed E-state index contributed by atoms with van der Waals surface area (Å²) in [7, 11) is 3.39. The number of nitrogens with one attached hydrogen (secondary N) is 2. The van der Waals surface area contributed by atoms with Crippen LogP contribution in [0.25, 0.3) is 0 Å². The number of esters is 1. The topological polar surface area (TPSA) is 121 Å². The van der Waals surface area contributed by atoms with Crippen molar-refractivity contribution in [2.75, 3.05) is 45.2 Å². The van der Waals surface area contributed by atoms with Crippen LogP contribution in [-0.4, -0.2) is 97.2 Å². The van der Waals surface area contributed by atoms with E-state index in [1.807, 2.05) is 83.1 Å². The van der Waals surface area contributed by atoms with Crippen LogP contribution in [-0.2, 0) is 36.7 Å². The molecule has 2 aromatic rings. The molecule has 1 unspecified atom stereocenters. The number of ether oxygens (including phenoxy) is 2. The maximum Gasteiger partial charge on any atom is 0.408 e. The van der Waals surface area contributed by atoms with Gasteiger partial charge in [-0.1, -0.05) is 50.2 Å². The van der Waals surface area contributed by atoms with E-state index in [4.69, 9.17) is 9.47 Å². The predicted octanol–water partition coefficient (Wildman–Crippen LogP) is 5.12. The summed E-state index contributed by atoms with van der Waals surface area (Å²) < 4.78 is 11.0. The van der Waals surface area contributed by atoms with Crippen LogP contribution >= 0.6 is 0 Å². The first-order valence-electron chi connectivity index (χ1n) is 18.2. The van der Waals surface area contributed by atoms with Gasteiger partial charge in [0, 0.05) is 37.4 Å². The summed E-state index contributed by atoms with van der Waals surface area (Å²) in [6.45, 7) is 18.2. The van der Waals surface area contributed by atoms with Gasteiger partial charge in [-0.25, -0.2) is 9.59 Å². The number of piperazine rings is 1. The van der Waals surface area contributed by atoms with Gasteiger partial charge in [0.15, 0.2) is 0 Å². The lowest BCUT2D eigenvalue weighted by Crippen LogP contribution is -2.61. The number of rotatable bonds is 11. The van der Waals surface area contributed by atoms with Gasteiger partial charge in [0.2, 0.25) is 11.8 Å². The average Bonchev–Trinajstić information content (AvgIpc) is 3.47. The third kappa shape index (κ3) is 10.7. The largest absolute Gasteiger partial charge is 0.467 e. The van der Waals surface area contributed by atoms with Crippen LogP contribution in [0.15, 0.2) is 48.5 Å². The minimum absolute atomic E-state index is 0.0413. The second kappa shape index (κ2) is 16.5. The second-order valence-corrected chi connectivity index (χ2v) is 16.5. The smallest absolute Gasteiger partial charge is 0.408 e. The lowest BCUT2D eigenvalue weighted by molar-refractivity contribution is -0.159. The summed E-state index contributed by atoms with van der Waals surface area (Å²) >= 11 is 0. The van der Waals surface area contributed by atoms with Gasteiger partial charge in [0.1, 0.15) is 23.7 Å². The van der Waals surface area contributed by atoms with Crippen LogP contribution in [0.1, 0.15) is 84.5 Å². The van der Waals surface area contributed by atoms with Crippen LogP contribution < -0.4 is 15.5 Å². The molecule has 0 aromatic heterocycles. The molecule has 1 aliphatic heterocycles. The zero-order chi connectivity index (χ0) is 37.7. The molecule has 0 spiro atoms. The molecule has 280 valence electrons. The molecule has 3 atom stereocenters. The van der Waals surface area contributed by atoms with Crippen molar-refractivity contribution in [3.8, 4) is 0 Å². The number of anilines is 1. The van der Waals surface area contributed by atoms with Crippen molar-refractivity contribution < 1.29 is 28.7 Å². The van der Waals surface area contributed by atoms with E-state index < -0.39 is 53.1 Å². The Labute approximate surface area is 304 Å². The molecule has 1 saturated heterocycles. The van der Waals surface area contributed by atoms with Gasteiger partial charge in [-0.05, 0) is 109 Å². The summed E-state index contributed by atoms with van der Waals surface area (Å²) in [5.74, 6) is -2.01. The number of amides is 3. The molecule has 0 saturated carbocycles. The number of benzene rings is 2. The van der Waals surface area contributed by atoms with Gasteiger partial charge in [-0.15, -0.1) is 0 Å². The summed E-state index contributed by atoms with van der Waals surface area (Å²) in [5.41, 5.74) is 2.19. The number of likely N-dealkylation sites (N-methyl/N-ethyl adjacent to an activating group) is 1. The monoisotopic (exact) mass is 705 g/mol. The number of fused-ring (bicyclic) bond motifs is 1. The zero-order valence-electron chi connectivity index (χ0n) is 32.2. The molecule has 2 aromatic carbocycles. The Morgan fingerprint density at radius 1 is 0.902 bits per heavy atom. The van der Waals surface area contributed by atoms with Gasteiger partial charge in [-0.3, -0.25) is 9.59 Å². The number of nitrogens with zero attached hydrogens (tertiary/aromatic N) is 3. The summed E-state index contributed by atoms with van der Waals surface area (Å²) in [4.78, 5) is 63.4. The van der Waals surface area contributed by atoms with Crippen LogP contribution in [0.2, 0.25) is 0 Å². The Hall–Kier alpha value is -4.12. The van der Waals surface area contributed by atoms with E-state index in [0.29, 0.717) is 18.4 Å². The molecule has 4 rings (SSSR count). The van der Waals surface area contributed by atoms with E-state index in [9.17, 15) is 14.4 Å². The van der Waals surface area contributed by atoms with E-state index >= 15 is 4.79 Å². The SMILES string of the molecule is COC(=O)[C@@H](CC(C)C)N(C(=O)[C@H](NC(=O)OC(C)(C)C)C1Cc2ccccc2C1)C(C(=O)NC(C)(C)C)c1cccc(N2CCN(C)CC2)c1. The first kappa shape index (κ1) is 39.7. The highest BCUT2D eigenvalue weighted by Crippen LogP contribution is 2.35. The normalized spacial score (nSPS) is 17.3. The van der Waals surface area contributed by atoms with E-state index in [1.165, 1.54) is 12.0 Å². The molecule has 11 heteroatoms. The molecular weight excluding hydrogens is 646 g/mol. The second-order valence-electron chi connectivity index (χ2n) is 16.5. The van der Waals surface area contributed by atoms with Crippen molar-refractivity contribution in [1.29, 1.82) is 0 Å². The van der Waals surface area contributed by atoms with Gasteiger partial charge >= 0.3 is 12.1 Å². The minimum atomic E-state index is -1.22. The van der Waals surface area contributed by atoms with Crippen LogP contribution in [0.5, 0.6) is 0 Å². The molecule has 0 bridgehead atoms. The first-order chi connectivity index (χ1) is 23.9. The van der Waals surface area contributed by atoms with Crippen molar-refractivity contribution in [1.82, 2.24) is 20.4 Å². The molecular formula is C40H59N5O6. The zero-order valence-corrected chi connectivity index (χ0v) is 32.2. The van der Waals surface area contributed by atoms with E-state index in [1.54, 1.807) is 20.8 Å². The maximum absolute atomic E-state index is 15.5. The van der Waals surface area contributed by atoms with Crippen LogP contribution in [0.3, 0.4) is 0 Å². The predicted molar refractivity (Wildman–Crippen MR) is 199 cm³/mol. The Bertz CT molecular complexity index is 1510. The average molecular weight is 706 g/mol. The lowest BCUT2D eigenvalue weighted by atomic mass is 9.90. The third-order valence-electron chi connectivity index (χ3n) is 9.33. The maximum atomic E-state index is 15.5. The van der Waals surface area contributed by atoms with Crippen molar-refractivity contribution in [2.24, 2.45) is 11.8 Å². The van der Waals surface area contributed by atoms with Gasteiger partial charge in [0.05, 0.1) is 7.11 Å². The number of carbonyl (C=O) groups excluding carboxylic acids is 4. The molecule has 1 aliphatic carbocycles. The number of methoxy groups -OCH3 is 1. The first-order valence-corrected chi connectivity index (χ1v) is 18.2. The fraction of sp³-hybridized carbons (Fsp3) is 0.600. The molecule has 2 N–H and O–H groups in total. The fourth-order valence-electron chi connectivity index (χ4n) is 7.00. The Morgan fingerprint density at radius 3 is 2.04 bits per heavy atom.